The molecule has 0 aromatic carbocycles. The summed E-state index contributed by atoms with van der Waals surface area (Å²) in [6, 6.07) is 1.72. The summed E-state index contributed by atoms with van der Waals surface area (Å²) in [5.41, 5.74) is 0.552. The van der Waals surface area contributed by atoms with E-state index in [-0.39, 0.29) is 11.9 Å². The summed E-state index contributed by atoms with van der Waals surface area (Å²) >= 11 is 3.18. The van der Waals surface area contributed by atoms with Crippen LogP contribution in [-0.4, -0.2) is 37.1 Å². The molecule has 4 nitrogen and oxygen atoms in total. The van der Waals surface area contributed by atoms with Crippen LogP contribution in [-0.2, 0) is 4.74 Å². The van der Waals surface area contributed by atoms with Crippen molar-refractivity contribution in [3.8, 4) is 0 Å². The van der Waals surface area contributed by atoms with Gasteiger partial charge >= 0.3 is 0 Å². The van der Waals surface area contributed by atoms with E-state index in [0.717, 1.165) is 0 Å². The molecule has 0 fully saturated rings. The summed E-state index contributed by atoms with van der Waals surface area (Å²) in [6.07, 6.45) is 1.45. The second kappa shape index (κ2) is 6.06. The number of rotatable bonds is 5. The zero-order valence-corrected chi connectivity index (χ0v) is 11.3. The molecule has 1 amide bonds. The molecule has 1 atom stereocenters. The maximum absolute atomic E-state index is 12.1. The molecule has 90 valence electrons. The van der Waals surface area contributed by atoms with Gasteiger partial charge < -0.3 is 14.1 Å². The van der Waals surface area contributed by atoms with E-state index in [4.69, 9.17) is 9.15 Å². The molecule has 1 aromatic rings. The van der Waals surface area contributed by atoms with Gasteiger partial charge in [-0.1, -0.05) is 0 Å². The standard InChI is InChI=1S/C11H16BrNO3/c1-4-13(8(2)6-15-3)11(14)9-5-10(12)16-7-9/h5,7-8H,4,6H2,1-3H3. The van der Waals surface area contributed by atoms with Gasteiger partial charge in [-0.05, 0) is 29.8 Å². The quantitative estimate of drug-likeness (QED) is 0.837. The van der Waals surface area contributed by atoms with Gasteiger partial charge in [0.25, 0.3) is 5.91 Å². The highest BCUT2D eigenvalue weighted by Crippen LogP contribution is 2.16. The van der Waals surface area contributed by atoms with Crippen molar-refractivity contribution in [1.29, 1.82) is 0 Å². The van der Waals surface area contributed by atoms with Crippen LogP contribution < -0.4 is 0 Å². The third-order valence-corrected chi connectivity index (χ3v) is 2.77. The van der Waals surface area contributed by atoms with Gasteiger partial charge in [0.2, 0.25) is 0 Å². The van der Waals surface area contributed by atoms with E-state index < -0.39 is 0 Å². The molecule has 16 heavy (non-hydrogen) atoms. The fourth-order valence-corrected chi connectivity index (χ4v) is 1.91. The Bertz CT molecular complexity index is 351. The first-order valence-corrected chi connectivity index (χ1v) is 5.93. The molecule has 0 N–H and O–H groups in total. The molecule has 1 rings (SSSR count). The van der Waals surface area contributed by atoms with Gasteiger partial charge in [0.15, 0.2) is 4.67 Å². The van der Waals surface area contributed by atoms with E-state index >= 15 is 0 Å². The van der Waals surface area contributed by atoms with Crippen LogP contribution in [0.3, 0.4) is 0 Å². The molecule has 0 aliphatic carbocycles. The summed E-state index contributed by atoms with van der Waals surface area (Å²) in [5.74, 6) is -0.0403. The van der Waals surface area contributed by atoms with E-state index in [1.54, 1.807) is 18.1 Å². The van der Waals surface area contributed by atoms with Crippen molar-refractivity contribution >= 4 is 21.8 Å². The van der Waals surface area contributed by atoms with Crippen molar-refractivity contribution < 1.29 is 13.9 Å². The number of nitrogens with zero attached hydrogens (tertiary/aromatic N) is 1. The van der Waals surface area contributed by atoms with Gasteiger partial charge in [-0.15, -0.1) is 0 Å². The number of likely N-dealkylation sites (N-methyl/N-ethyl adjacent to an activating group) is 1. The number of amides is 1. The maximum Gasteiger partial charge on any atom is 0.257 e. The minimum atomic E-state index is -0.0403. The third-order valence-electron chi connectivity index (χ3n) is 2.36. The molecule has 1 heterocycles. The van der Waals surface area contributed by atoms with Crippen LogP contribution in [0.1, 0.15) is 24.2 Å². The lowest BCUT2D eigenvalue weighted by molar-refractivity contribution is 0.0578. The Labute approximate surface area is 104 Å². The first kappa shape index (κ1) is 13.3. The first-order chi connectivity index (χ1) is 7.60. The van der Waals surface area contributed by atoms with Crippen molar-refractivity contribution in [2.24, 2.45) is 0 Å². The molecule has 0 aliphatic heterocycles. The number of carbonyl (C=O) groups is 1. The van der Waals surface area contributed by atoms with Crippen molar-refractivity contribution in [2.45, 2.75) is 19.9 Å². The molecule has 0 radical (unpaired) electrons. The number of halogens is 1. The smallest absolute Gasteiger partial charge is 0.257 e. The Morgan fingerprint density at radius 1 is 1.69 bits per heavy atom. The Morgan fingerprint density at radius 2 is 2.38 bits per heavy atom. The molecular formula is C11H16BrNO3. The fourth-order valence-electron chi connectivity index (χ4n) is 1.57. The van der Waals surface area contributed by atoms with Crippen molar-refractivity contribution in [1.82, 2.24) is 4.90 Å². The van der Waals surface area contributed by atoms with Crippen LogP contribution in [0.2, 0.25) is 0 Å². The lowest BCUT2D eigenvalue weighted by atomic mass is 10.2. The lowest BCUT2D eigenvalue weighted by Crippen LogP contribution is -2.40. The number of hydrogen-bond acceptors (Lipinski definition) is 3. The lowest BCUT2D eigenvalue weighted by Gasteiger charge is -2.26. The molecule has 0 bridgehead atoms. The van der Waals surface area contributed by atoms with Gasteiger partial charge in [-0.3, -0.25) is 4.79 Å². The summed E-state index contributed by atoms with van der Waals surface area (Å²) in [6.45, 7) is 5.07. The summed E-state index contributed by atoms with van der Waals surface area (Å²) in [5, 5.41) is 0. The predicted molar refractivity (Wildman–Crippen MR) is 64.5 cm³/mol. The zero-order valence-electron chi connectivity index (χ0n) is 9.70. The van der Waals surface area contributed by atoms with Crippen LogP contribution in [0, 0.1) is 0 Å². The van der Waals surface area contributed by atoms with Crippen LogP contribution in [0.25, 0.3) is 0 Å². The van der Waals surface area contributed by atoms with E-state index in [1.807, 2.05) is 13.8 Å². The van der Waals surface area contributed by atoms with Crippen LogP contribution in [0.5, 0.6) is 0 Å². The molecule has 1 unspecified atom stereocenters. The fraction of sp³-hybridized carbons (Fsp3) is 0.545. The minimum Gasteiger partial charge on any atom is -0.457 e. The molecule has 0 saturated carbocycles. The van der Waals surface area contributed by atoms with E-state index in [9.17, 15) is 4.79 Å². The molecule has 0 aliphatic rings. The van der Waals surface area contributed by atoms with Crippen LogP contribution in [0.4, 0.5) is 0 Å². The van der Waals surface area contributed by atoms with E-state index in [0.29, 0.717) is 23.4 Å². The van der Waals surface area contributed by atoms with Gasteiger partial charge in [0, 0.05) is 19.7 Å². The van der Waals surface area contributed by atoms with Crippen LogP contribution >= 0.6 is 15.9 Å². The molecule has 0 spiro atoms. The monoisotopic (exact) mass is 289 g/mol. The van der Waals surface area contributed by atoms with E-state index in [2.05, 4.69) is 15.9 Å². The average molecular weight is 290 g/mol. The summed E-state index contributed by atoms with van der Waals surface area (Å²) in [4.78, 5) is 13.8. The minimum absolute atomic E-state index is 0.0403. The number of ether oxygens (including phenoxy) is 1. The van der Waals surface area contributed by atoms with Crippen molar-refractivity contribution in [3.05, 3.63) is 22.6 Å². The van der Waals surface area contributed by atoms with Crippen molar-refractivity contribution in [2.75, 3.05) is 20.3 Å². The van der Waals surface area contributed by atoms with Crippen molar-refractivity contribution in [3.63, 3.8) is 0 Å². The Morgan fingerprint density at radius 3 is 2.81 bits per heavy atom. The topological polar surface area (TPSA) is 42.7 Å². The van der Waals surface area contributed by atoms with Gasteiger partial charge in [-0.25, -0.2) is 0 Å². The molecular weight excluding hydrogens is 274 g/mol. The first-order valence-electron chi connectivity index (χ1n) is 5.14. The summed E-state index contributed by atoms with van der Waals surface area (Å²) in [7, 11) is 1.63. The largest absolute Gasteiger partial charge is 0.457 e. The highest BCUT2D eigenvalue weighted by Gasteiger charge is 2.21. The Kier molecular flexibility index (Phi) is 5.02. The Balaban J connectivity index is 2.77. The normalized spacial score (nSPS) is 12.5. The van der Waals surface area contributed by atoms with Gasteiger partial charge in [0.1, 0.15) is 6.26 Å². The predicted octanol–water partition coefficient (Wildman–Crippen LogP) is 2.54. The van der Waals surface area contributed by atoms with Gasteiger partial charge in [-0.2, -0.15) is 0 Å². The summed E-state index contributed by atoms with van der Waals surface area (Å²) < 4.78 is 10.7. The Hall–Kier alpha value is -0.810. The number of carbonyl (C=O) groups excluding carboxylic acids is 1. The number of hydrogen-bond donors (Lipinski definition) is 0. The highest BCUT2D eigenvalue weighted by molar-refractivity contribution is 9.10. The molecule has 0 saturated heterocycles. The second-order valence-corrected chi connectivity index (χ2v) is 4.32. The number of methoxy groups -OCH3 is 1. The average Bonchev–Trinajstić information content (AvgIpc) is 2.66. The maximum atomic E-state index is 12.1. The van der Waals surface area contributed by atoms with Crippen LogP contribution in [0.15, 0.2) is 21.4 Å². The molecule has 5 heteroatoms. The third kappa shape index (κ3) is 3.09. The molecule has 1 aromatic heterocycles. The highest BCUT2D eigenvalue weighted by atomic mass is 79.9. The van der Waals surface area contributed by atoms with Gasteiger partial charge in [0.05, 0.1) is 18.2 Å². The SMILES string of the molecule is CCN(C(=O)c1coc(Br)c1)C(C)COC. The second-order valence-electron chi connectivity index (χ2n) is 3.54. The van der Waals surface area contributed by atoms with E-state index in [1.165, 1.54) is 6.26 Å². The number of furan rings is 1. The zero-order chi connectivity index (χ0) is 12.1.